The van der Waals surface area contributed by atoms with Gasteiger partial charge in [-0.05, 0) is 25.0 Å². The topological polar surface area (TPSA) is 77.3 Å². The molecule has 2 heterocycles. The Hall–Kier alpha value is -2.28. The average molecular weight is 291 g/mol. The van der Waals surface area contributed by atoms with Crippen LogP contribution in [0.1, 0.15) is 12.8 Å². The fraction of sp³-hybridized carbons (Fsp3) is 0.357. The van der Waals surface area contributed by atoms with Crippen LogP contribution in [-0.2, 0) is 4.74 Å². The Morgan fingerprint density at radius 2 is 2.43 bits per heavy atom. The molecule has 1 saturated heterocycles. The first kappa shape index (κ1) is 13.7. The Kier molecular flexibility index (Phi) is 3.66. The van der Waals surface area contributed by atoms with E-state index in [-0.39, 0.29) is 23.0 Å². The number of aromatic nitrogens is 1. The normalized spacial score (nSPS) is 18.0. The third-order valence-corrected chi connectivity index (χ3v) is 3.55. The van der Waals surface area contributed by atoms with Gasteiger partial charge in [0, 0.05) is 19.3 Å². The second kappa shape index (κ2) is 5.61. The summed E-state index contributed by atoms with van der Waals surface area (Å²) in [5.74, 6) is -0.675. The summed E-state index contributed by atoms with van der Waals surface area (Å²) in [6.07, 6.45) is 3.45. The number of ether oxygens (including phenoxy) is 1. The van der Waals surface area contributed by atoms with Crippen LogP contribution in [0.15, 0.2) is 24.4 Å². The minimum atomic E-state index is -0.675. The molecule has 110 valence electrons. The number of non-ortho nitro benzene ring substituents is 1. The molecule has 2 aromatic rings. The van der Waals surface area contributed by atoms with Gasteiger partial charge in [-0.15, -0.1) is 0 Å². The summed E-state index contributed by atoms with van der Waals surface area (Å²) >= 11 is 0. The number of halogens is 1. The molecule has 0 bridgehead atoms. The minimum Gasteiger partial charge on any atom is -0.378 e. The van der Waals surface area contributed by atoms with Gasteiger partial charge in [-0.3, -0.25) is 15.1 Å². The van der Waals surface area contributed by atoms with Crippen molar-refractivity contribution in [1.29, 1.82) is 0 Å². The minimum absolute atomic E-state index is 0.0401. The number of hydrogen-bond acceptors (Lipinski definition) is 5. The van der Waals surface area contributed by atoms with Crippen LogP contribution >= 0.6 is 0 Å². The van der Waals surface area contributed by atoms with E-state index < -0.39 is 10.7 Å². The monoisotopic (exact) mass is 291 g/mol. The molecule has 6 nitrogen and oxygen atoms in total. The number of hydrogen-bond donors (Lipinski definition) is 1. The Bertz CT molecular complexity index is 686. The second-order valence-corrected chi connectivity index (χ2v) is 4.93. The Balaban J connectivity index is 1.99. The van der Waals surface area contributed by atoms with Crippen molar-refractivity contribution in [3.05, 3.63) is 40.3 Å². The van der Waals surface area contributed by atoms with Gasteiger partial charge in [0.25, 0.3) is 5.69 Å². The van der Waals surface area contributed by atoms with Crippen molar-refractivity contribution in [1.82, 2.24) is 4.98 Å². The number of anilines is 1. The molecular formula is C14H14FN3O3. The van der Waals surface area contributed by atoms with Crippen LogP contribution in [0, 0.1) is 15.9 Å². The van der Waals surface area contributed by atoms with Crippen molar-refractivity contribution in [2.75, 3.05) is 18.5 Å². The highest BCUT2D eigenvalue weighted by molar-refractivity contribution is 5.97. The lowest BCUT2D eigenvalue weighted by Crippen LogP contribution is -2.19. The molecule has 0 amide bonds. The van der Waals surface area contributed by atoms with E-state index >= 15 is 0 Å². The van der Waals surface area contributed by atoms with Crippen LogP contribution in [0.3, 0.4) is 0 Å². The highest BCUT2D eigenvalue weighted by Crippen LogP contribution is 2.32. The average Bonchev–Trinajstić information content (AvgIpc) is 2.98. The predicted octanol–water partition coefficient (Wildman–Crippen LogP) is 2.87. The molecule has 7 heteroatoms. The third kappa shape index (κ3) is 2.64. The molecule has 1 atom stereocenters. The molecule has 21 heavy (non-hydrogen) atoms. The second-order valence-electron chi connectivity index (χ2n) is 4.93. The van der Waals surface area contributed by atoms with E-state index in [0.29, 0.717) is 18.5 Å². The summed E-state index contributed by atoms with van der Waals surface area (Å²) in [7, 11) is 0. The van der Waals surface area contributed by atoms with Gasteiger partial charge in [-0.2, -0.15) is 0 Å². The lowest BCUT2D eigenvalue weighted by molar-refractivity contribution is -0.383. The molecule has 0 radical (unpaired) electrons. The van der Waals surface area contributed by atoms with E-state index in [0.717, 1.165) is 18.9 Å². The first-order chi connectivity index (χ1) is 10.2. The first-order valence-electron chi connectivity index (χ1n) is 6.74. The molecule has 1 unspecified atom stereocenters. The van der Waals surface area contributed by atoms with Gasteiger partial charge in [0.05, 0.1) is 28.2 Å². The van der Waals surface area contributed by atoms with Gasteiger partial charge in [-0.1, -0.05) is 0 Å². The number of nitro benzene ring substituents is 1. The molecule has 1 fully saturated rings. The first-order valence-corrected chi connectivity index (χ1v) is 6.74. The van der Waals surface area contributed by atoms with E-state index in [1.165, 1.54) is 6.20 Å². The van der Waals surface area contributed by atoms with Crippen molar-refractivity contribution in [3.63, 3.8) is 0 Å². The van der Waals surface area contributed by atoms with Gasteiger partial charge in [-0.25, -0.2) is 4.39 Å². The number of fused-ring (bicyclic) bond motifs is 1. The lowest BCUT2D eigenvalue weighted by atomic mass is 10.1. The van der Waals surface area contributed by atoms with Crippen LogP contribution in [0.2, 0.25) is 0 Å². The summed E-state index contributed by atoms with van der Waals surface area (Å²) in [6, 6.07) is 4.09. The van der Waals surface area contributed by atoms with Crippen molar-refractivity contribution in [3.8, 4) is 0 Å². The molecule has 3 rings (SSSR count). The number of nitro groups is 1. The summed E-state index contributed by atoms with van der Waals surface area (Å²) in [6.45, 7) is 1.18. The maximum atomic E-state index is 14.2. The molecule has 1 aromatic carbocycles. The quantitative estimate of drug-likeness (QED) is 0.692. The van der Waals surface area contributed by atoms with Crippen molar-refractivity contribution >= 4 is 22.3 Å². The highest BCUT2D eigenvalue weighted by atomic mass is 19.1. The standard InChI is InChI=1S/C14H14FN3O3/c15-11-7-12(18(19)20)10-4-1-5-16-13(10)14(11)17-8-9-3-2-6-21-9/h1,4-5,7,9,17H,2-3,6,8H2. The van der Waals surface area contributed by atoms with Gasteiger partial charge in [0.2, 0.25) is 0 Å². The predicted molar refractivity (Wildman–Crippen MR) is 75.8 cm³/mol. The van der Waals surface area contributed by atoms with E-state index in [1.807, 2.05) is 0 Å². The number of rotatable bonds is 4. The molecule has 1 aliphatic heterocycles. The number of nitrogens with one attached hydrogen (secondary N) is 1. The molecular weight excluding hydrogens is 277 g/mol. The third-order valence-electron chi connectivity index (χ3n) is 3.55. The van der Waals surface area contributed by atoms with E-state index in [9.17, 15) is 14.5 Å². The van der Waals surface area contributed by atoms with Crippen LogP contribution in [0.25, 0.3) is 10.9 Å². The van der Waals surface area contributed by atoms with Crippen molar-refractivity contribution in [2.24, 2.45) is 0 Å². The van der Waals surface area contributed by atoms with E-state index in [1.54, 1.807) is 12.1 Å². The maximum absolute atomic E-state index is 14.2. The summed E-state index contributed by atoms with van der Waals surface area (Å²) in [5, 5.41) is 14.3. The largest absolute Gasteiger partial charge is 0.378 e. The van der Waals surface area contributed by atoms with E-state index in [4.69, 9.17) is 4.74 Å². The van der Waals surface area contributed by atoms with Gasteiger partial charge >= 0.3 is 0 Å². The lowest BCUT2D eigenvalue weighted by Gasteiger charge is -2.14. The van der Waals surface area contributed by atoms with Gasteiger partial charge < -0.3 is 10.1 Å². The summed E-state index contributed by atoms with van der Waals surface area (Å²) in [5.41, 5.74) is 0.173. The van der Waals surface area contributed by atoms with Crippen molar-refractivity contribution in [2.45, 2.75) is 18.9 Å². The number of nitrogens with zero attached hydrogens (tertiary/aromatic N) is 2. The van der Waals surface area contributed by atoms with Crippen LogP contribution in [-0.4, -0.2) is 29.2 Å². The summed E-state index contributed by atoms with van der Waals surface area (Å²) in [4.78, 5) is 14.5. The molecule has 1 aromatic heterocycles. The zero-order valence-electron chi connectivity index (χ0n) is 11.2. The molecule has 0 spiro atoms. The van der Waals surface area contributed by atoms with Crippen LogP contribution < -0.4 is 5.32 Å². The molecule has 0 saturated carbocycles. The van der Waals surface area contributed by atoms with Crippen LogP contribution in [0.5, 0.6) is 0 Å². The Labute approximate surface area is 120 Å². The van der Waals surface area contributed by atoms with Gasteiger partial charge in [0.1, 0.15) is 5.52 Å². The molecule has 0 aliphatic carbocycles. The fourth-order valence-corrected chi connectivity index (χ4v) is 2.53. The Morgan fingerprint density at radius 1 is 1.57 bits per heavy atom. The van der Waals surface area contributed by atoms with E-state index in [2.05, 4.69) is 10.3 Å². The molecule has 1 N–H and O–H groups in total. The fourth-order valence-electron chi connectivity index (χ4n) is 2.53. The highest BCUT2D eigenvalue weighted by Gasteiger charge is 2.21. The number of pyridine rings is 1. The van der Waals surface area contributed by atoms with Crippen LogP contribution in [0.4, 0.5) is 15.8 Å². The number of benzene rings is 1. The zero-order valence-corrected chi connectivity index (χ0v) is 11.2. The summed E-state index contributed by atoms with van der Waals surface area (Å²) < 4.78 is 19.6. The Morgan fingerprint density at radius 3 is 3.14 bits per heavy atom. The van der Waals surface area contributed by atoms with Crippen molar-refractivity contribution < 1.29 is 14.1 Å². The molecule has 1 aliphatic rings. The SMILES string of the molecule is O=[N+]([O-])c1cc(F)c(NCC2CCCO2)c2ncccc12. The maximum Gasteiger partial charge on any atom is 0.281 e. The zero-order chi connectivity index (χ0) is 14.8. The van der Waals surface area contributed by atoms with Gasteiger partial charge in [0.15, 0.2) is 5.82 Å². The smallest absolute Gasteiger partial charge is 0.281 e.